The molecule has 3 saturated heterocycles. The van der Waals surface area contributed by atoms with E-state index in [0.29, 0.717) is 23.0 Å². The first-order chi connectivity index (χ1) is 10.7. The topological polar surface area (TPSA) is 54.7 Å². The van der Waals surface area contributed by atoms with E-state index in [4.69, 9.17) is 9.15 Å². The molecule has 1 aromatic carbocycles. The Bertz CT molecular complexity index is 701. The van der Waals surface area contributed by atoms with E-state index in [-0.39, 0.29) is 11.9 Å². The maximum atomic E-state index is 12.5. The molecule has 0 spiro atoms. The van der Waals surface area contributed by atoms with E-state index < -0.39 is 0 Å². The van der Waals surface area contributed by atoms with E-state index in [1.54, 1.807) is 13.2 Å². The van der Waals surface area contributed by atoms with Crippen molar-refractivity contribution < 1.29 is 13.9 Å². The largest absolute Gasteiger partial charge is 0.493 e. The smallest absolute Gasteiger partial charge is 0.287 e. The van der Waals surface area contributed by atoms with Gasteiger partial charge >= 0.3 is 0 Å². The minimum atomic E-state index is -0.128. The third-order valence-electron chi connectivity index (χ3n) is 4.92. The first-order valence-electron chi connectivity index (χ1n) is 7.84. The van der Waals surface area contributed by atoms with Crippen LogP contribution in [-0.4, -0.2) is 43.6 Å². The number of para-hydroxylation sites is 1. The highest BCUT2D eigenvalue weighted by molar-refractivity contribution is 5.97. The van der Waals surface area contributed by atoms with E-state index in [1.807, 2.05) is 18.2 Å². The highest BCUT2D eigenvalue weighted by Gasteiger charge is 2.35. The summed E-state index contributed by atoms with van der Waals surface area (Å²) >= 11 is 0. The van der Waals surface area contributed by atoms with Gasteiger partial charge in [0.2, 0.25) is 0 Å². The number of ether oxygens (including phenoxy) is 1. The van der Waals surface area contributed by atoms with Gasteiger partial charge in [-0.3, -0.25) is 4.79 Å². The fourth-order valence-electron chi connectivity index (χ4n) is 3.68. The number of nitrogens with one attached hydrogen (secondary N) is 1. The fourth-order valence-corrected chi connectivity index (χ4v) is 3.68. The number of amides is 1. The standard InChI is InChI=1S/C17H20N2O3/c1-21-14-4-2-3-12-9-15(22-16(12)14)17(20)18-13-10-19-7-5-11(13)6-8-19/h2-4,9,11,13H,5-8,10H2,1H3,(H,18,20). The number of furan rings is 1. The molecule has 1 amide bonds. The number of benzene rings is 1. The summed E-state index contributed by atoms with van der Waals surface area (Å²) < 4.78 is 11.0. The zero-order chi connectivity index (χ0) is 15.1. The lowest BCUT2D eigenvalue weighted by Crippen LogP contribution is -2.57. The number of hydrogen-bond donors (Lipinski definition) is 1. The Hall–Kier alpha value is -2.01. The maximum Gasteiger partial charge on any atom is 0.287 e. The first kappa shape index (κ1) is 13.6. The third kappa shape index (κ3) is 2.25. The molecule has 5 rings (SSSR count). The summed E-state index contributed by atoms with van der Waals surface area (Å²) in [4.78, 5) is 14.9. The summed E-state index contributed by atoms with van der Waals surface area (Å²) in [7, 11) is 1.60. The fraction of sp³-hybridized carbons (Fsp3) is 0.471. The SMILES string of the molecule is COc1cccc2cc(C(=O)NC3CN4CCC3CC4)oc12. The number of piperidine rings is 3. The monoisotopic (exact) mass is 300 g/mol. The van der Waals surface area contributed by atoms with Gasteiger partial charge in [0.25, 0.3) is 5.91 Å². The highest BCUT2D eigenvalue weighted by Crippen LogP contribution is 2.30. The van der Waals surface area contributed by atoms with Gasteiger partial charge in [0.15, 0.2) is 17.1 Å². The molecule has 5 heteroatoms. The van der Waals surface area contributed by atoms with Crippen molar-refractivity contribution in [1.29, 1.82) is 0 Å². The average Bonchev–Trinajstić information content (AvgIpc) is 3.00. The molecule has 0 aliphatic carbocycles. The number of fused-ring (bicyclic) bond motifs is 4. The van der Waals surface area contributed by atoms with Crippen LogP contribution >= 0.6 is 0 Å². The molecule has 3 aliphatic heterocycles. The summed E-state index contributed by atoms with van der Waals surface area (Å²) in [6.07, 6.45) is 2.36. The predicted octanol–water partition coefficient (Wildman–Crippen LogP) is 2.27. The zero-order valence-electron chi connectivity index (χ0n) is 12.7. The van der Waals surface area contributed by atoms with Crippen molar-refractivity contribution in [2.45, 2.75) is 18.9 Å². The zero-order valence-corrected chi connectivity index (χ0v) is 12.7. The Kier molecular flexibility index (Phi) is 3.30. The molecule has 0 saturated carbocycles. The van der Waals surface area contributed by atoms with Crippen LogP contribution < -0.4 is 10.1 Å². The van der Waals surface area contributed by atoms with Crippen LogP contribution in [0.15, 0.2) is 28.7 Å². The van der Waals surface area contributed by atoms with Gasteiger partial charge in [-0.15, -0.1) is 0 Å². The van der Waals surface area contributed by atoms with Gasteiger partial charge in [-0.1, -0.05) is 12.1 Å². The lowest BCUT2D eigenvalue weighted by atomic mass is 9.84. The minimum absolute atomic E-state index is 0.128. The molecule has 1 N–H and O–H groups in total. The second-order valence-electron chi connectivity index (χ2n) is 6.21. The summed E-state index contributed by atoms with van der Waals surface area (Å²) in [5.41, 5.74) is 0.629. The van der Waals surface area contributed by atoms with Gasteiger partial charge in [-0.25, -0.2) is 0 Å². The molecule has 5 nitrogen and oxygen atoms in total. The van der Waals surface area contributed by atoms with Crippen molar-refractivity contribution in [3.8, 4) is 5.75 Å². The number of rotatable bonds is 3. The van der Waals surface area contributed by atoms with Crippen molar-refractivity contribution in [2.24, 2.45) is 5.92 Å². The Morgan fingerprint density at radius 1 is 1.36 bits per heavy atom. The Morgan fingerprint density at radius 3 is 2.86 bits per heavy atom. The summed E-state index contributed by atoms with van der Waals surface area (Å²) in [6, 6.07) is 7.68. The number of hydrogen-bond acceptors (Lipinski definition) is 4. The number of carbonyl (C=O) groups excluding carboxylic acids is 1. The first-order valence-corrected chi connectivity index (χ1v) is 7.84. The van der Waals surface area contributed by atoms with Gasteiger partial charge in [0, 0.05) is 18.0 Å². The van der Waals surface area contributed by atoms with Crippen molar-refractivity contribution in [3.05, 3.63) is 30.0 Å². The maximum absolute atomic E-state index is 12.5. The van der Waals surface area contributed by atoms with Crippen molar-refractivity contribution in [1.82, 2.24) is 10.2 Å². The molecular weight excluding hydrogens is 280 g/mol. The van der Waals surface area contributed by atoms with Crippen LogP contribution in [0.2, 0.25) is 0 Å². The molecule has 2 aromatic rings. The summed E-state index contributed by atoms with van der Waals surface area (Å²) in [5, 5.41) is 4.04. The lowest BCUT2D eigenvalue weighted by molar-refractivity contribution is 0.0607. The lowest BCUT2D eigenvalue weighted by Gasteiger charge is -2.44. The van der Waals surface area contributed by atoms with Crippen molar-refractivity contribution >= 4 is 16.9 Å². The number of methoxy groups -OCH3 is 1. The van der Waals surface area contributed by atoms with Crippen LogP contribution in [0.3, 0.4) is 0 Å². The average molecular weight is 300 g/mol. The second-order valence-corrected chi connectivity index (χ2v) is 6.21. The predicted molar refractivity (Wildman–Crippen MR) is 83.2 cm³/mol. The quantitative estimate of drug-likeness (QED) is 0.945. The van der Waals surface area contributed by atoms with Crippen molar-refractivity contribution in [3.63, 3.8) is 0 Å². The Morgan fingerprint density at radius 2 is 2.18 bits per heavy atom. The van der Waals surface area contributed by atoms with Crippen LogP contribution in [0.5, 0.6) is 5.75 Å². The molecule has 3 fully saturated rings. The van der Waals surface area contributed by atoms with Gasteiger partial charge in [0.1, 0.15) is 0 Å². The van der Waals surface area contributed by atoms with Crippen LogP contribution in [0, 0.1) is 5.92 Å². The third-order valence-corrected chi connectivity index (χ3v) is 4.92. The van der Waals surface area contributed by atoms with E-state index in [9.17, 15) is 4.79 Å². The van der Waals surface area contributed by atoms with Gasteiger partial charge in [0.05, 0.1) is 7.11 Å². The molecule has 1 unspecified atom stereocenters. The van der Waals surface area contributed by atoms with E-state index in [1.165, 1.54) is 25.9 Å². The number of carbonyl (C=O) groups is 1. The number of nitrogens with zero attached hydrogens (tertiary/aromatic N) is 1. The molecule has 22 heavy (non-hydrogen) atoms. The van der Waals surface area contributed by atoms with Crippen molar-refractivity contribution in [2.75, 3.05) is 26.7 Å². The molecule has 2 bridgehead atoms. The molecule has 1 aromatic heterocycles. The van der Waals surface area contributed by atoms with E-state index >= 15 is 0 Å². The minimum Gasteiger partial charge on any atom is -0.493 e. The molecule has 116 valence electrons. The van der Waals surface area contributed by atoms with Gasteiger partial charge in [-0.05, 0) is 44.0 Å². The van der Waals surface area contributed by atoms with E-state index in [0.717, 1.165) is 11.9 Å². The van der Waals surface area contributed by atoms with Crippen LogP contribution in [0.1, 0.15) is 23.4 Å². The van der Waals surface area contributed by atoms with Crippen LogP contribution in [0.4, 0.5) is 0 Å². The second kappa shape index (κ2) is 5.32. The summed E-state index contributed by atoms with van der Waals surface area (Å²) in [5.74, 6) is 1.49. The summed E-state index contributed by atoms with van der Waals surface area (Å²) in [6.45, 7) is 3.29. The normalized spacial score (nSPS) is 27.0. The molecule has 1 atom stereocenters. The van der Waals surface area contributed by atoms with Crippen LogP contribution in [-0.2, 0) is 0 Å². The molecule has 0 radical (unpaired) electrons. The molecular formula is C17H20N2O3. The van der Waals surface area contributed by atoms with Gasteiger partial charge in [-0.2, -0.15) is 0 Å². The van der Waals surface area contributed by atoms with E-state index in [2.05, 4.69) is 10.2 Å². The van der Waals surface area contributed by atoms with Crippen LogP contribution in [0.25, 0.3) is 11.0 Å². The Labute approximate surface area is 129 Å². The Balaban J connectivity index is 1.55. The van der Waals surface area contributed by atoms with Gasteiger partial charge < -0.3 is 19.4 Å². The molecule has 4 heterocycles. The molecule has 3 aliphatic rings. The highest BCUT2D eigenvalue weighted by atomic mass is 16.5.